The fraction of sp³-hybridized carbons (Fsp3) is 0.150. The number of rotatable bonds is 4. The van der Waals surface area contributed by atoms with E-state index in [-0.39, 0.29) is 23.6 Å². The molecule has 27 heavy (non-hydrogen) atoms. The molecule has 3 aromatic rings. The first-order valence-electron chi connectivity index (χ1n) is 8.48. The van der Waals surface area contributed by atoms with Crippen molar-refractivity contribution >= 4 is 29.0 Å². The first-order chi connectivity index (χ1) is 13.1. The van der Waals surface area contributed by atoms with E-state index < -0.39 is 0 Å². The maximum absolute atomic E-state index is 12.5. The van der Waals surface area contributed by atoms with Gasteiger partial charge in [0.2, 0.25) is 5.91 Å². The van der Waals surface area contributed by atoms with Crippen LogP contribution in [-0.2, 0) is 4.79 Å². The van der Waals surface area contributed by atoms with Crippen molar-refractivity contribution in [2.45, 2.75) is 12.3 Å². The number of aromatic nitrogens is 2. The van der Waals surface area contributed by atoms with E-state index >= 15 is 0 Å². The molecule has 2 atom stereocenters. The highest BCUT2D eigenvalue weighted by molar-refractivity contribution is 6.31. The Bertz CT molecular complexity index is 1050. The monoisotopic (exact) mass is 377 g/mol. The van der Waals surface area contributed by atoms with Crippen LogP contribution in [0.1, 0.15) is 23.5 Å². The lowest BCUT2D eigenvalue weighted by atomic mass is 10.1. The number of anilines is 2. The van der Waals surface area contributed by atoms with Crippen LogP contribution in [0.4, 0.5) is 11.5 Å². The van der Waals surface area contributed by atoms with Crippen LogP contribution < -0.4 is 11.1 Å². The Labute approximate surface area is 161 Å². The zero-order chi connectivity index (χ0) is 19.0. The number of halogens is 1. The van der Waals surface area contributed by atoms with Crippen molar-refractivity contribution in [3.63, 3.8) is 0 Å². The smallest absolute Gasteiger partial charge is 0.228 e. The van der Waals surface area contributed by atoms with Crippen LogP contribution >= 0.6 is 11.6 Å². The van der Waals surface area contributed by atoms with Crippen LogP contribution in [0, 0.1) is 17.2 Å². The number of benzene rings is 2. The molecule has 0 radical (unpaired) electrons. The number of hydrogen-bond acceptors (Lipinski definition) is 4. The van der Waals surface area contributed by atoms with Gasteiger partial charge in [0.05, 0.1) is 11.9 Å². The second-order valence-electron chi connectivity index (χ2n) is 6.47. The number of nitrogens with one attached hydrogen (secondary N) is 1. The molecule has 1 aliphatic rings. The molecule has 1 aromatic heterocycles. The summed E-state index contributed by atoms with van der Waals surface area (Å²) in [7, 11) is 0. The Morgan fingerprint density at radius 3 is 2.67 bits per heavy atom. The van der Waals surface area contributed by atoms with E-state index in [2.05, 4.69) is 10.4 Å². The van der Waals surface area contributed by atoms with E-state index in [1.165, 1.54) is 10.9 Å². The fourth-order valence-electron chi connectivity index (χ4n) is 3.18. The topological polar surface area (TPSA) is 96.7 Å². The minimum atomic E-state index is -0.0653. The summed E-state index contributed by atoms with van der Waals surface area (Å²) >= 11 is 6.22. The van der Waals surface area contributed by atoms with Crippen molar-refractivity contribution in [3.05, 3.63) is 70.9 Å². The number of nitriles is 1. The van der Waals surface area contributed by atoms with E-state index in [0.717, 1.165) is 12.0 Å². The minimum absolute atomic E-state index is 0.0157. The van der Waals surface area contributed by atoms with Crippen molar-refractivity contribution in [1.82, 2.24) is 9.78 Å². The second kappa shape index (κ2) is 6.78. The van der Waals surface area contributed by atoms with Gasteiger partial charge in [-0.05, 0) is 48.2 Å². The summed E-state index contributed by atoms with van der Waals surface area (Å²) < 4.78 is 1.48. The van der Waals surface area contributed by atoms with Crippen molar-refractivity contribution in [2.75, 3.05) is 11.1 Å². The molecule has 134 valence electrons. The number of carbonyl (C=O) groups is 1. The van der Waals surface area contributed by atoms with E-state index in [1.807, 2.05) is 30.3 Å². The number of hydrogen-bond donors (Lipinski definition) is 2. The zero-order valence-electron chi connectivity index (χ0n) is 14.3. The molecule has 0 aliphatic heterocycles. The van der Waals surface area contributed by atoms with Gasteiger partial charge in [-0.1, -0.05) is 29.8 Å². The molecule has 0 bridgehead atoms. The quantitative estimate of drug-likeness (QED) is 0.724. The largest absolute Gasteiger partial charge is 0.382 e. The summed E-state index contributed by atoms with van der Waals surface area (Å²) in [4.78, 5) is 12.5. The van der Waals surface area contributed by atoms with E-state index in [1.54, 1.807) is 24.3 Å². The summed E-state index contributed by atoms with van der Waals surface area (Å²) in [6, 6.07) is 16.8. The normalized spacial score (nSPS) is 17.9. The molecular formula is C20H16ClN5O. The SMILES string of the molecule is N#Cc1cnn(-c2ccc(NC(=O)[C@@H]3C[C@H]3c3ccccc3Cl)cc2)c1N. The van der Waals surface area contributed by atoms with Gasteiger partial charge in [-0.3, -0.25) is 4.79 Å². The molecule has 1 heterocycles. The molecule has 1 amide bonds. The summed E-state index contributed by atoms with van der Waals surface area (Å²) in [5, 5.41) is 16.7. The lowest BCUT2D eigenvalue weighted by Gasteiger charge is -2.08. The first-order valence-corrected chi connectivity index (χ1v) is 8.85. The molecule has 0 unspecified atom stereocenters. The second-order valence-corrected chi connectivity index (χ2v) is 6.88. The van der Waals surface area contributed by atoms with Gasteiger partial charge < -0.3 is 11.1 Å². The maximum Gasteiger partial charge on any atom is 0.228 e. The maximum atomic E-state index is 12.5. The number of nitrogens with zero attached hydrogens (tertiary/aromatic N) is 3. The molecule has 7 heteroatoms. The van der Waals surface area contributed by atoms with Crippen molar-refractivity contribution < 1.29 is 4.79 Å². The summed E-state index contributed by atoms with van der Waals surface area (Å²) in [5.74, 6) is 0.378. The van der Waals surface area contributed by atoms with Gasteiger partial charge in [0.1, 0.15) is 17.5 Å². The summed E-state index contributed by atoms with van der Waals surface area (Å²) in [6.45, 7) is 0. The molecule has 4 rings (SSSR count). The molecule has 3 N–H and O–H groups in total. The summed E-state index contributed by atoms with van der Waals surface area (Å²) in [6.07, 6.45) is 2.22. The molecule has 0 saturated heterocycles. The highest BCUT2D eigenvalue weighted by Gasteiger charge is 2.44. The molecule has 0 spiro atoms. The predicted molar refractivity (Wildman–Crippen MR) is 104 cm³/mol. The average Bonchev–Trinajstić information content (AvgIpc) is 3.39. The van der Waals surface area contributed by atoms with Crippen molar-refractivity contribution in [2.24, 2.45) is 5.92 Å². The third-order valence-electron chi connectivity index (χ3n) is 4.74. The third kappa shape index (κ3) is 3.25. The minimum Gasteiger partial charge on any atom is -0.382 e. The highest BCUT2D eigenvalue weighted by atomic mass is 35.5. The molecule has 1 fully saturated rings. The Morgan fingerprint density at radius 1 is 1.26 bits per heavy atom. The molecule has 6 nitrogen and oxygen atoms in total. The van der Waals surface area contributed by atoms with Crippen LogP contribution in [0.25, 0.3) is 5.69 Å². The van der Waals surface area contributed by atoms with Crippen LogP contribution in [0.3, 0.4) is 0 Å². The molecule has 1 saturated carbocycles. The fourth-order valence-corrected chi connectivity index (χ4v) is 3.45. The van der Waals surface area contributed by atoms with Crippen molar-refractivity contribution in [1.29, 1.82) is 5.26 Å². The van der Waals surface area contributed by atoms with Crippen LogP contribution in [0.5, 0.6) is 0 Å². The lowest BCUT2D eigenvalue weighted by molar-refractivity contribution is -0.117. The standard InChI is InChI=1S/C20H16ClN5O/c21-18-4-2-1-3-15(18)16-9-17(16)20(27)25-13-5-7-14(8-6-13)26-19(23)12(10-22)11-24-26/h1-8,11,16-17H,9,23H2,(H,25,27)/t16-,17+/m0/s1. The number of nitrogens with two attached hydrogens (primary N) is 1. The Hall–Kier alpha value is -3.30. The van der Waals surface area contributed by atoms with Gasteiger partial charge in [-0.15, -0.1) is 0 Å². The number of carbonyl (C=O) groups excluding carboxylic acids is 1. The van der Waals surface area contributed by atoms with Crippen LogP contribution in [0.2, 0.25) is 5.02 Å². The van der Waals surface area contributed by atoms with Crippen LogP contribution in [-0.4, -0.2) is 15.7 Å². The Kier molecular flexibility index (Phi) is 4.30. The van der Waals surface area contributed by atoms with Gasteiger partial charge in [0.25, 0.3) is 0 Å². The molecule has 1 aliphatic carbocycles. The van der Waals surface area contributed by atoms with Crippen LogP contribution in [0.15, 0.2) is 54.7 Å². The first kappa shape index (κ1) is 17.1. The third-order valence-corrected chi connectivity index (χ3v) is 5.08. The van der Waals surface area contributed by atoms with E-state index in [9.17, 15) is 4.79 Å². The van der Waals surface area contributed by atoms with E-state index in [0.29, 0.717) is 22.0 Å². The van der Waals surface area contributed by atoms with Gasteiger partial charge >= 0.3 is 0 Å². The van der Waals surface area contributed by atoms with Gasteiger partial charge in [-0.2, -0.15) is 10.4 Å². The number of nitrogen functional groups attached to an aromatic ring is 1. The van der Waals surface area contributed by atoms with Crippen molar-refractivity contribution in [3.8, 4) is 11.8 Å². The van der Waals surface area contributed by atoms with Gasteiger partial charge in [0.15, 0.2) is 0 Å². The molecule has 2 aromatic carbocycles. The number of amides is 1. The predicted octanol–water partition coefficient (Wildman–Crippen LogP) is 3.72. The Balaban J connectivity index is 1.43. The van der Waals surface area contributed by atoms with E-state index in [4.69, 9.17) is 22.6 Å². The van der Waals surface area contributed by atoms with Gasteiger partial charge in [-0.25, -0.2) is 4.68 Å². The van der Waals surface area contributed by atoms with Gasteiger partial charge in [0, 0.05) is 16.6 Å². The average molecular weight is 378 g/mol. The lowest BCUT2D eigenvalue weighted by Crippen LogP contribution is -2.14. The summed E-state index contributed by atoms with van der Waals surface area (Å²) in [5.41, 5.74) is 8.65. The highest BCUT2D eigenvalue weighted by Crippen LogP contribution is 2.50. The molecular weight excluding hydrogens is 362 g/mol. The zero-order valence-corrected chi connectivity index (χ0v) is 15.0. The Morgan fingerprint density at radius 2 is 2.00 bits per heavy atom.